The first-order valence-electron chi connectivity index (χ1n) is 10.0. The van der Waals surface area contributed by atoms with E-state index < -0.39 is 0 Å². The van der Waals surface area contributed by atoms with Crippen LogP contribution in [-0.4, -0.2) is 30.3 Å². The van der Waals surface area contributed by atoms with Crippen LogP contribution >= 0.6 is 11.6 Å². The number of carbonyl (C=O) groups is 1. The Hall–Kier alpha value is -3.97. The van der Waals surface area contributed by atoms with Gasteiger partial charge in [0.05, 0.1) is 23.8 Å². The Bertz CT molecular complexity index is 1400. The summed E-state index contributed by atoms with van der Waals surface area (Å²) < 4.78 is 3.58. The molecule has 0 atom stereocenters. The van der Waals surface area contributed by atoms with Gasteiger partial charge in [0.25, 0.3) is 0 Å². The number of hydrogen-bond donors (Lipinski definition) is 1. The van der Waals surface area contributed by atoms with E-state index in [4.69, 9.17) is 11.6 Å². The van der Waals surface area contributed by atoms with E-state index in [1.807, 2.05) is 72.6 Å². The number of anilines is 1. The molecule has 0 bridgehead atoms. The van der Waals surface area contributed by atoms with Crippen LogP contribution in [0.15, 0.2) is 79.5 Å². The molecule has 32 heavy (non-hydrogen) atoms. The summed E-state index contributed by atoms with van der Waals surface area (Å²) in [6, 6.07) is 16.9. The maximum absolute atomic E-state index is 12.4. The van der Waals surface area contributed by atoms with Crippen LogP contribution in [0.5, 0.6) is 0 Å². The average Bonchev–Trinajstić information content (AvgIpc) is 3.42. The number of hydrogen-bond acceptors (Lipinski definition) is 4. The lowest BCUT2D eigenvalue weighted by Crippen LogP contribution is -2.14. The SMILES string of the molecule is Cn1cc(-c2cc3c(-c4ccc(NC(=O)Cc5ccc(Cl)cc5)cc4)ncnn3c2)cn1. The highest BCUT2D eigenvalue weighted by molar-refractivity contribution is 6.30. The Morgan fingerprint density at radius 1 is 0.969 bits per heavy atom. The van der Waals surface area contributed by atoms with Gasteiger partial charge in [0, 0.05) is 46.8 Å². The summed E-state index contributed by atoms with van der Waals surface area (Å²) in [5.41, 5.74) is 6.31. The van der Waals surface area contributed by atoms with Crippen molar-refractivity contribution in [3.63, 3.8) is 0 Å². The van der Waals surface area contributed by atoms with Gasteiger partial charge in [-0.15, -0.1) is 0 Å². The van der Waals surface area contributed by atoms with E-state index in [0.717, 1.165) is 39.2 Å². The average molecular weight is 443 g/mol. The molecule has 3 heterocycles. The van der Waals surface area contributed by atoms with Gasteiger partial charge in [0.2, 0.25) is 5.91 Å². The van der Waals surface area contributed by atoms with Gasteiger partial charge in [-0.05, 0) is 35.9 Å². The van der Waals surface area contributed by atoms with Crippen molar-refractivity contribution < 1.29 is 4.79 Å². The fourth-order valence-electron chi connectivity index (χ4n) is 3.58. The number of fused-ring (bicyclic) bond motifs is 1. The Morgan fingerprint density at radius 2 is 1.75 bits per heavy atom. The summed E-state index contributed by atoms with van der Waals surface area (Å²) >= 11 is 5.90. The zero-order valence-electron chi connectivity index (χ0n) is 17.2. The van der Waals surface area contributed by atoms with Crippen LogP contribution in [0, 0.1) is 0 Å². The minimum Gasteiger partial charge on any atom is -0.326 e. The number of aromatic nitrogens is 5. The topological polar surface area (TPSA) is 77.1 Å². The lowest BCUT2D eigenvalue weighted by atomic mass is 10.1. The third kappa shape index (κ3) is 4.10. The quantitative estimate of drug-likeness (QED) is 0.430. The molecule has 8 heteroatoms. The van der Waals surface area contributed by atoms with Crippen LogP contribution in [0.3, 0.4) is 0 Å². The molecule has 0 saturated carbocycles. The predicted octanol–water partition coefficient (Wildman–Crippen LogP) is 4.63. The van der Waals surface area contributed by atoms with Crippen molar-refractivity contribution in [2.75, 3.05) is 5.32 Å². The van der Waals surface area contributed by atoms with E-state index in [-0.39, 0.29) is 12.3 Å². The van der Waals surface area contributed by atoms with Crippen molar-refractivity contribution in [3.8, 4) is 22.4 Å². The minimum atomic E-state index is -0.0859. The molecular weight excluding hydrogens is 424 g/mol. The number of amides is 1. The largest absolute Gasteiger partial charge is 0.326 e. The predicted molar refractivity (Wildman–Crippen MR) is 124 cm³/mol. The number of nitrogens with zero attached hydrogens (tertiary/aromatic N) is 5. The van der Waals surface area contributed by atoms with E-state index in [1.165, 1.54) is 6.33 Å². The molecule has 1 N–H and O–H groups in total. The standard InChI is InChI=1S/C24H19ClN6O/c1-30-13-19(12-27-30)18-11-22-24(26-15-28-31(22)14-18)17-4-8-21(9-5-17)29-23(32)10-16-2-6-20(25)7-3-16/h2-9,11-15H,10H2,1H3,(H,29,32). The highest BCUT2D eigenvalue weighted by Gasteiger charge is 2.12. The molecule has 0 aliphatic heterocycles. The normalized spacial score (nSPS) is 11.1. The van der Waals surface area contributed by atoms with Crippen LogP contribution in [-0.2, 0) is 18.3 Å². The molecule has 3 aromatic heterocycles. The van der Waals surface area contributed by atoms with Gasteiger partial charge in [-0.3, -0.25) is 9.48 Å². The Labute approximate surface area is 189 Å². The zero-order chi connectivity index (χ0) is 22.1. The summed E-state index contributed by atoms with van der Waals surface area (Å²) in [6.07, 6.45) is 7.57. The van der Waals surface area contributed by atoms with Crippen molar-refractivity contribution in [2.24, 2.45) is 7.05 Å². The summed E-state index contributed by atoms with van der Waals surface area (Å²) in [7, 11) is 1.89. The molecular formula is C24H19ClN6O. The van der Waals surface area contributed by atoms with Gasteiger partial charge in [0.1, 0.15) is 6.33 Å². The Balaban J connectivity index is 1.36. The summed E-state index contributed by atoms with van der Waals surface area (Å²) in [4.78, 5) is 16.9. The fourth-order valence-corrected chi connectivity index (χ4v) is 3.71. The molecule has 5 aromatic rings. The number of benzene rings is 2. The molecule has 0 aliphatic rings. The first-order valence-corrected chi connectivity index (χ1v) is 10.4. The first-order chi connectivity index (χ1) is 15.5. The number of nitrogens with one attached hydrogen (secondary N) is 1. The van der Waals surface area contributed by atoms with E-state index >= 15 is 0 Å². The second-order valence-electron chi connectivity index (χ2n) is 7.50. The van der Waals surface area contributed by atoms with Gasteiger partial charge in [-0.1, -0.05) is 35.9 Å². The molecule has 1 amide bonds. The highest BCUT2D eigenvalue weighted by atomic mass is 35.5. The zero-order valence-corrected chi connectivity index (χ0v) is 18.0. The molecule has 0 aliphatic carbocycles. The van der Waals surface area contributed by atoms with Crippen molar-refractivity contribution >= 4 is 28.7 Å². The van der Waals surface area contributed by atoms with Crippen LogP contribution in [0.25, 0.3) is 27.9 Å². The summed E-state index contributed by atoms with van der Waals surface area (Å²) in [6.45, 7) is 0. The van der Waals surface area contributed by atoms with E-state index in [2.05, 4.69) is 20.5 Å². The minimum absolute atomic E-state index is 0.0859. The van der Waals surface area contributed by atoms with Crippen molar-refractivity contribution in [1.82, 2.24) is 24.4 Å². The maximum atomic E-state index is 12.4. The van der Waals surface area contributed by atoms with Gasteiger partial charge in [-0.25, -0.2) is 9.50 Å². The lowest BCUT2D eigenvalue weighted by Gasteiger charge is -2.07. The molecule has 2 aromatic carbocycles. The molecule has 0 unspecified atom stereocenters. The Kier molecular flexibility index (Phi) is 5.17. The molecule has 0 spiro atoms. The van der Waals surface area contributed by atoms with Crippen LogP contribution in [0.1, 0.15) is 5.56 Å². The monoisotopic (exact) mass is 442 g/mol. The van der Waals surface area contributed by atoms with Gasteiger partial charge in [0.15, 0.2) is 0 Å². The highest BCUT2D eigenvalue weighted by Crippen LogP contribution is 2.28. The van der Waals surface area contributed by atoms with E-state index in [9.17, 15) is 4.79 Å². The molecule has 5 rings (SSSR count). The second kappa shape index (κ2) is 8.28. The smallest absolute Gasteiger partial charge is 0.228 e. The van der Waals surface area contributed by atoms with E-state index in [0.29, 0.717) is 5.02 Å². The maximum Gasteiger partial charge on any atom is 0.228 e. The second-order valence-corrected chi connectivity index (χ2v) is 7.94. The van der Waals surface area contributed by atoms with Crippen LogP contribution in [0.4, 0.5) is 5.69 Å². The van der Waals surface area contributed by atoms with Crippen LogP contribution in [0.2, 0.25) is 5.02 Å². The summed E-state index contributed by atoms with van der Waals surface area (Å²) in [5.74, 6) is -0.0859. The summed E-state index contributed by atoms with van der Waals surface area (Å²) in [5, 5.41) is 12.2. The van der Waals surface area contributed by atoms with Gasteiger partial charge >= 0.3 is 0 Å². The fraction of sp³-hybridized carbons (Fsp3) is 0.0833. The molecule has 0 radical (unpaired) electrons. The number of aryl methyl sites for hydroxylation is 1. The molecule has 0 fully saturated rings. The third-order valence-electron chi connectivity index (χ3n) is 5.16. The lowest BCUT2D eigenvalue weighted by molar-refractivity contribution is -0.115. The number of rotatable bonds is 5. The molecule has 7 nitrogen and oxygen atoms in total. The van der Waals surface area contributed by atoms with Crippen molar-refractivity contribution in [1.29, 1.82) is 0 Å². The van der Waals surface area contributed by atoms with Crippen LogP contribution < -0.4 is 5.32 Å². The number of halogens is 1. The Morgan fingerprint density at radius 3 is 2.47 bits per heavy atom. The van der Waals surface area contributed by atoms with Gasteiger partial charge < -0.3 is 5.32 Å². The number of carbonyl (C=O) groups excluding carboxylic acids is 1. The van der Waals surface area contributed by atoms with Crippen molar-refractivity contribution in [2.45, 2.75) is 6.42 Å². The van der Waals surface area contributed by atoms with Crippen molar-refractivity contribution in [3.05, 3.63) is 90.1 Å². The first kappa shape index (κ1) is 20.0. The third-order valence-corrected chi connectivity index (χ3v) is 5.42. The van der Waals surface area contributed by atoms with E-state index in [1.54, 1.807) is 16.8 Å². The van der Waals surface area contributed by atoms with Gasteiger partial charge in [-0.2, -0.15) is 10.2 Å². The molecule has 0 saturated heterocycles. The molecule has 158 valence electrons.